The predicted octanol–water partition coefficient (Wildman–Crippen LogP) is 0.380. The first-order valence-corrected chi connectivity index (χ1v) is 4.71. The summed E-state index contributed by atoms with van der Waals surface area (Å²) in [6.45, 7) is 2.31. The highest BCUT2D eigenvalue weighted by Gasteiger charge is 2.31. The first kappa shape index (κ1) is 10.4. The number of thiol groups is 1. The zero-order valence-electron chi connectivity index (χ0n) is 7.43. The second-order valence-electron chi connectivity index (χ2n) is 3.35. The smallest absolute Gasteiger partial charge is 0.305 e. The summed E-state index contributed by atoms with van der Waals surface area (Å²) in [6, 6.07) is -0.220. The van der Waals surface area contributed by atoms with Crippen molar-refractivity contribution in [2.45, 2.75) is 31.1 Å². The van der Waals surface area contributed by atoms with Crippen molar-refractivity contribution < 1.29 is 14.7 Å². The standard InChI is InChI=1S/C8H13NO3S/c1-5(2-8(11)12)9-4-6(13)3-7(9)10/h5-6,13H,2-4H2,1H3,(H,11,12). The van der Waals surface area contributed by atoms with Gasteiger partial charge in [0.2, 0.25) is 5.91 Å². The number of carboxylic acid groups (broad SMARTS) is 1. The maximum absolute atomic E-state index is 11.3. The minimum Gasteiger partial charge on any atom is -0.481 e. The molecule has 0 bridgehead atoms. The molecule has 1 aliphatic heterocycles. The highest BCUT2D eigenvalue weighted by atomic mass is 32.1. The number of hydrogen-bond acceptors (Lipinski definition) is 3. The summed E-state index contributed by atoms with van der Waals surface area (Å²) in [7, 11) is 0. The summed E-state index contributed by atoms with van der Waals surface area (Å²) in [5.74, 6) is -0.864. The van der Waals surface area contributed by atoms with E-state index in [0.717, 1.165) is 0 Å². The van der Waals surface area contributed by atoms with E-state index in [2.05, 4.69) is 12.6 Å². The van der Waals surface area contributed by atoms with Gasteiger partial charge in [-0.15, -0.1) is 0 Å². The van der Waals surface area contributed by atoms with Crippen LogP contribution in [0, 0.1) is 0 Å². The highest BCUT2D eigenvalue weighted by molar-refractivity contribution is 7.81. The molecule has 74 valence electrons. The maximum Gasteiger partial charge on any atom is 0.305 e. The summed E-state index contributed by atoms with van der Waals surface area (Å²) in [5.41, 5.74) is 0. The van der Waals surface area contributed by atoms with Crippen LogP contribution in [0.1, 0.15) is 19.8 Å². The van der Waals surface area contributed by atoms with Crippen LogP contribution < -0.4 is 0 Å². The van der Waals surface area contributed by atoms with E-state index < -0.39 is 5.97 Å². The Morgan fingerprint density at radius 3 is 2.85 bits per heavy atom. The normalized spacial score (nSPS) is 24.9. The molecule has 0 aromatic carbocycles. The second kappa shape index (κ2) is 4.00. The number of likely N-dealkylation sites (tertiary alicyclic amines) is 1. The van der Waals surface area contributed by atoms with E-state index in [9.17, 15) is 9.59 Å². The van der Waals surface area contributed by atoms with Gasteiger partial charge in [0.15, 0.2) is 0 Å². The van der Waals surface area contributed by atoms with Crippen molar-refractivity contribution in [1.82, 2.24) is 4.90 Å². The second-order valence-corrected chi connectivity index (χ2v) is 4.08. The Morgan fingerprint density at radius 1 is 1.85 bits per heavy atom. The molecule has 1 saturated heterocycles. The zero-order chi connectivity index (χ0) is 10.0. The summed E-state index contributed by atoms with van der Waals surface area (Å²) in [4.78, 5) is 23.3. The Hall–Kier alpha value is -0.710. The van der Waals surface area contributed by atoms with Crippen LogP contribution in [0.5, 0.6) is 0 Å². The fraction of sp³-hybridized carbons (Fsp3) is 0.750. The molecule has 4 nitrogen and oxygen atoms in total. The van der Waals surface area contributed by atoms with Gasteiger partial charge >= 0.3 is 5.97 Å². The zero-order valence-corrected chi connectivity index (χ0v) is 8.33. The van der Waals surface area contributed by atoms with Crippen LogP contribution in [0.4, 0.5) is 0 Å². The Bertz CT molecular complexity index is 231. The minimum absolute atomic E-state index is 0.00619. The van der Waals surface area contributed by atoms with Crippen molar-refractivity contribution in [3.8, 4) is 0 Å². The summed E-state index contributed by atoms with van der Waals surface area (Å²) in [6.07, 6.45) is 0.430. The number of carbonyl (C=O) groups is 2. The molecule has 2 unspecified atom stereocenters. The molecule has 1 aliphatic rings. The van der Waals surface area contributed by atoms with Gasteiger partial charge in [0.25, 0.3) is 0 Å². The van der Waals surface area contributed by atoms with Crippen molar-refractivity contribution in [2.75, 3.05) is 6.54 Å². The molecule has 0 radical (unpaired) electrons. The maximum atomic E-state index is 11.3. The molecule has 5 heteroatoms. The lowest BCUT2D eigenvalue weighted by Crippen LogP contribution is -2.36. The van der Waals surface area contributed by atoms with Gasteiger partial charge in [0, 0.05) is 24.3 Å². The fourth-order valence-corrected chi connectivity index (χ4v) is 1.83. The van der Waals surface area contributed by atoms with Gasteiger partial charge in [0.05, 0.1) is 6.42 Å². The van der Waals surface area contributed by atoms with Gasteiger partial charge in [-0.2, -0.15) is 12.6 Å². The lowest BCUT2D eigenvalue weighted by Gasteiger charge is -2.22. The summed E-state index contributed by atoms with van der Waals surface area (Å²) >= 11 is 4.19. The molecule has 1 N–H and O–H groups in total. The van der Waals surface area contributed by atoms with Crippen molar-refractivity contribution in [1.29, 1.82) is 0 Å². The molecular weight excluding hydrogens is 190 g/mol. The topological polar surface area (TPSA) is 57.6 Å². The highest BCUT2D eigenvalue weighted by Crippen LogP contribution is 2.19. The van der Waals surface area contributed by atoms with Gasteiger partial charge in [0.1, 0.15) is 0 Å². The molecule has 0 spiro atoms. The molecule has 1 amide bonds. The first-order chi connectivity index (χ1) is 6.00. The van der Waals surface area contributed by atoms with Crippen molar-refractivity contribution in [3.05, 3.63) is 0 Å². The fourth-order valence-electron chi connectivity index (χ4n) is 1.50. The van der Waals surface area contributed by atoms with Crippen LogP contribution in [-0.4, -0.2) is 39.7 Å². The lowest BCUT2D eigenvalue weighted by molar-refractivity contribution is -0.139. The largest absolute Gasteiger partial charge is 0.481 e. The average molecular weight is 203 g/mol. The number of carboxylic acids is 1. The third kappa shape index (κ3) is 2.62. The van der Waals surface area contributed by atoms with E-state index in [1.807, 2.05) is 0 Å². The summed E-state index contributed by atoms with van der Waals surface area (Å²) < 4.78 is 0. The number of rotatable bonds is 3. The van der Waals surface area contributed by atoms with Crippen LogP contribution in [0.15, 0.2) is 0 Å². The molecule has 0 aliphatic carbocycles. The number of aliphatic carboxylic acids is 1. The Morgan fingerprint density at radius 2 is 2.46 bits per heavy atom. The Labute approximate surface area is 82.3 Å². The minimum atomic E-state index is -0.872. The number of carbonyl (C=O) groups excluding carboxylic acids is 1. The number of nitrogens with zero attached hydrogens (tertiary/aromatic N) is 1. The van der Waals surface area contributed by atoms with E-state index in [4.69, 9.17) is 5.11 Å². The van der Waals surface area contributed by atoms with Crippen LogP contribution >= 0.6 is 12.6 Å². The van der Waals surface area contributed by atoms with Crippen molar-refractivity contribution in [3.63, 3.8) is 0 Å². The van der Waals surface area contributed by atoms with Gasteiger partial charge < -0.3 is 10.0 Å². The predicted molar refractivity (Wildman–Crippen MR) is 50.8 cm³/mol. The number of hydrogen-bond donors (Lipinski definition) is 2. The molecule has 0 saturated carbocycles. The van der Waals surface area contributed by atoms with Gasteiger partial charge in [-0.25, -0.2) is 0 Å². The summed E-state index contributed by atoms with van der Waals surface area (Å²) in [5, 5.41) is 8.60. The average Bonchev–Trinajstić information content (AvgIpc) is 2.28. The molecule has 1 fully saturated rings. The molecule has 2 atom stereocenters. The van der Waals surface area contributed by atoms with Crippen LogP contribution in [0.2, 0.25) is 0 Å². The third-order valence-electron chi connectivity index (χ3n) is 2.14. The Kier molecular flexibility index (Phi) is 3.19. The van der Waals surface area contributed by atoms with Gasteiger partial charge in [-0.1, -0.05) is 0 Å². The van der Waals surface area contributed by atoms with Crippen LogP contribution in [0.3, 0.4) is 0 Å². The number of amides is 1. The molecule has 1 rings (SSSR count). The molecule has 0 aromatic heterocycles. The molecule has 0 aromatic rings. The van der Waals surface area contributed by atoms with Crippen LogP contribution in [-0.2, 0) is 9.59 Å². The quantitative estimate of drug-likeness (QED) is 0.652. The van der Waals surface area contributed by atoms with Gasteiger partial charge in [-0.05, 0) is 6.92 Å². The van der Waals surface area contributed by atoms with Crippen LogP contribution in [0.25, 0.3) is 0 Å². The van der Waals surface area contributed by atoms with E-state index in [1.165, 1.54) is 0 Å². The Balaban J connectivity index is 2.51. The van der Waals surface area contributed by atoms with E-state index in [0.29, 0.717) is 13.0 Å². The molecule has 13 heavy (non-hydrogen) atoms. The third-order valence-corrected chi connectivity index (χ3v) is 2.49. The van der Waals surface area contributed by atoms with E-state index in [1.54, 1.807) is 11.8 Å². The SMILES string of the molecule is CC(CC(=O)O)N1CC(S)CC1=O. The molecular formula is C8H13NO3S. The first-order valence-electron chi connectivity index (χ1n) is 4.20. The molecule has 1 heterocycles. The monoisotopic (exact) mass is 203 g/mol. The lowest BCUT2D eigenvalue weighted by atomic mass is 10.2. The van der Waals surface area contributed by atoms with Crippen molar-refractivity contribution in [2.24, 2.45) is 0 Å². The van der Waals surface area contributed by atoms with Crippen molar-refractivity contribution >= 4 is 24.5 Å². The van der Waals surface area contributed by atoms with E-state index >= 15 is 0 Å². The van der Waals surface area contributed by atoms with Gasteiger partial charge in [-0.3, -0.25) is 9.59 Å². The van der Waals surface area contributed by atoms with E-state index in [-0.39, 0.29) is 23.6 Å².